The van der Waals surface area contributed by atoms with Crippen LogP contribution in [0.2, 0.25) is 5.02 Å². The normalized spacial score (nSPS) is 25.0. The quantitative estimate of drug-likeness (QED) is 0.490. The van der Waals surface area contributed by atoms with Gasteiger partial charge in [-0.05, 0) is 29.2 Å². The fraction of sp³-hybridized carbons (Fsp3) is 0.308. The number of alkyl halides is 1. The van der Waals surface area contributed by atoms with E-state index in [1.807, 2.05) is 6.07 Å². The summed E-state index contributed by atoms with van der Waals surface area (Å²) in [7, 11) is 0. The van der Waals surface area contributed by atoms with Gasteiger partial charge < -0.3 is 10.4 Å². The van der Waals surface area contributed by atoms with Gasteiger partial charge in [0, 0.05) is 16.9 Å². The van der Waals surface area contributed by atoms with Gasteiger partial charge in [0.15, 0.2) is 0 Å². The topological polar surface area (TPSA) is 49.3 Å². The Bertz CT molecular complexity index is 556. The first-order valence-corrected chi connectivity index (χ1v) is 6.53. The molecule has 0 saturated heterocycles. The van der Waals surface area contributed by atoms with Crippen LogP contribution in [0.3, 0.4) is 0 Å². The Labute approximate surface area is 114 Å². The van der Waals surface area contributed by atoms with Gasteiger partial charge in [-0.3, -0.25) is 0 Å². The second kappa shape index (κ2) is 4.18. The fourth-order valence-electron chi connectivity index (χ4n) is 2.95. The van der Waals surface area contributed by atoms with E-state index in [-0.39, 0.29) is 0 Å². The van der Waals surface area contributed by atoms with Crippen molar-refractivity contribution in [1.82, 2.24) is 5.32 Å². The lowest BCUT2D eigenvalue weighted by molar-refractivity contribution is 0.193. The standard InChI is InChI=1S/C13H11Cl2NO2/c14-9-4-3-8(12(15)16-13(17)18)10-6-1-2-7(5-6)11(9)10/h1-4,6-7,12,16H,5H2,(H,17,18). The molecular weight excluding hydrogens is 273 g/mol. The summed E-state index contributed by atoms with van der Waals surface area (Å²) in [5.41, 5.74) is 2.29. The van der Waals surface area contributed by atoms with Gasteiger partial charge >= 0.3 is 6.09 Å². The molecule has 18 heavy (non-hydrogen) atoms. The number of rotatable bonds is 2. The Morgan fingerprint density at radius 2 is 2.00 bits per heavy atom. The van der Waals surface area contributed by atoms with Crippen LogP contribution < -0.4 is 5.32 Å². The van der Waals surface area contributed by atoms with Crippen LogP contribution in [-0.2, 0) is 0 Å². The van der Waals surface area contributed by atoms with Gasteiger partial charge in [0.1, 0.15) is 5.50 Å². The smallest absolute Gasteiger partial charge is 0.406 e. The number of amides is 1. The van der Waals surface area contributed by atoms with Gasteiger partial charge in [-0.2, -0.15) is 0 Å². The molecule has 2 bridgehead atoms. The maximum absolute atomic E-state index is 10.7. The third kappa shape index (κ3) is 1.70. The van der Waals surface area contributed by atoms with Gasteiger partial charge in [0.2, 0.25) is 0 Å². The number of carbonyl (C=O) groups is 1. The SMILES string of the molecule is O=C(O)NC(Cl)c1ccc(Cl)c2c1C1C=CC2C1. The van der Waals surface area contributed by atoms with E-state index < -0.39 is 11.6 Å². The predicted octanol–water partition coefficient (Wildman–Crippen LogP) is 3.99. The minimum atomic E-state index is -1.13. The van der Waals surface area contributed by atoms with E-state index in [1.54, 1.807) is 6.07 Å². The highest BCUT2D eigenvalue weighted by molar-refractivity contribution is 6.31. The highest BCUT2D eigenvalue weighted by Gasteiger charge is 2.37. The third-order valence-corrected chi connectivity index (χ3v) is 4.29. The molecule has 5 heteroatoms. The monoisotopic (exact) mass is 283 g/mol. The van der Waals surface area contributed by atoms with Gasteiger partial charge in [-0.15, -0.1) is 0 Å². The summed E-state index contributed by atoms with van der Waals surface area (Å²) in [5, 5.41) is 11.8. The van der Waals surface area contributed by atoms with Gasteiger partial charge in [-0.1, -0.05) is 41.4 Å². The number of hydrogen-bond acceptors (Lipinski definition) is 1. The number of nitrogens with one attached hydrogen (secondary N) is 1. The zero-order valence-corrected chi connectivity index (χ0v) is 10.9. The van der Waals surface area contributed by atoms with Crippen LogP contribution in [0.5, 0.6) is 0 Å². The van der Waals surface area contributed by atoms with E-state index in [0.29, 0.717) is 11.8 Å². The minimum absolute atomic E-state index is 0.315. The first-order valence-electron chi connectivity index (χ1n) is 5.72. The van der Waals surface area contributed by atoms with Crippen molar-refractivity contribution in [3.63, 3.8) is 0 Å². The molecule has 3 rings (SSSR count). The van der Waals surface area contributed by atoms with Crippen LogP contribution in [0.25, 0.3) is 0 Å². The number of allylic oxidation sites excluding steroid dienone is 2. The Morgan fingerprint density at radius 1 is 1.33 bits per heavy atom. The molecule has 1 aromatic carbocycles. The lowest BCUT2D eigenvalue weighted by atomic mass is 9.92. The molecular formula is C13H11Cl2NO2. The summed E-state index contributed by atoms with van der Waals surface area (Å²) < 4.78 is 0. The molecule has 0 aromatic heterocycles. The van der Waals surface area contributed by atoms with E-state index in [4.69, 9.17) is 28.3 Å². The fourth-order valence-corrected chi connectivity index (χ4v) is 3.54. The highest BCUT2D eigenvalue weighted by atomic mass is 35.5. The van der Waals surface area contributed by atoms with Crippen molar-refractivity contribution in [3.05, 3.63) is 46.0 Å². The molecule has 0 saturated carbocycles. The second-order valence-electron chi connectivity index (χ2n) is 4.61. The van der Waals surface area contributed by atoms with Gasteiger partial charge in [0.05, 0.1) is 0 Å². The molecule has 3 unspecified atom stereocenters. The molecule has 1 aromatic rings. The molecule has 3 atom stereocenters. The van der Waals surface area contributed by atoms with Crippen molar-refractivity contribution in [3.8, 4) is 0 Å². The van der Waals surface area contributed by atoms with Gasteiger partial charge in [0.25, 0.3) is 0 Å². The minimum Gasteiger partial charge on any atom is -0.465 e. The first kappa shape index (κ1) is 11.9. The highest BCUT2D eigenvalue weighted by Crippen LogP contribution is 2.53. The van der Waals surface area contributed by atoms with Crippen molar-refractivity contribution in [2.75, 3.05) is 0 Å². The maximum atomic E-state index is 10.7. The number of benzene rings is 1. The molecule has 0 aliphatic heterocycles. The number of halogens is 2. The third-order valence-electron chi connectivity index (χ3n) is 3.62. The first-order chi connectivity index (χ1) is 8.58. The Kier molecular flexibility index (Phi) is 2.76. The molecule has 0 fully saturated rings. The van der Waals surface area contributed by atoms with E-state index in [0.717, 1.165) is 28.1 Å². The van der Waals surface area contributed by atoms with Crippen molar-refractivity contribution in [1.29, 1.82) is 0 Å². The van der Waals surface area contributed by atoms with Gasteiger partial charge in [-0.25, -0.2) is 4.79 Å². The molecule has 2 aliphatic carbocycles. The van der Waals surface area contributed by atoms with Crippen LogP contribution in [0.1, 0.15) is 40.4 Å². The van der Waals surface area contributed by atoms with Crippen LogP contribution in [0.4, 0.5) is 4.79 Å². The number of carboxylic acid groups (broad SMARTS) is 1. The Morgan fingerprint density at radius 3 is 2.67 bits per heavy atom. The van der Waals surface area contributed by atoms with E-state index >= 15 is 0 Å². The zero-order valence-electron chi connectivity index (χ0n) is 9.36. The van der Waals surface area contributed by atoms with Crippen molar-refractivity contribution >= 4 is 29.3 Å². The summed E-state index contributed by atoms with van der Waals surface area (Å²) in [6.45, 7) is 0. The molecule has 1 amide bonds. The molecule has 3 nitrogen and oxygen atoms in total. The summed E-state index contributed by atoms with van der Waals surface area (Å²) in [4.78, 5) is 10.7. The van der Waals surface area contributed by atoms with Crippen LogP contribution >= 0.6 is 23.2 Å². The maximum Gasteiger partial charge on any atom is 0.406 e. The average molecular weight is 284 g/mol. The molecule has 0 heterocycles. The van der Waals surface area contributed by atoms with E-state index in [9.17, 15) is 4.79 Å². The number of fused-ring (bicyclic) bond motifs is 5. The Balaban J connectivity index is 2.06. The van der Waals surface area contributed by atoms with E-state index in [1.165, 1.54) is 0 Å². The largest absolute Gasteiger partial charge is 0.465 e. The van der Waals surface area contributed by atoms with Crippen molar-refractivity contribution in [2.45, 2.75) is 23.8 Å². The van der Waals surface area contributed by atoms with Crippen LogP contribution in [0, 0.1) is 0 Å². The average Bonchev–Trinajstić information content (AvgIpc) is 2.89. The molecule has 0 spiro atoms. The van der Waals surface area contributed by atoms with Crippen molar-refractivity contribution < 1.29 is 9.90 Å². The summed E-state index contributed by atoms with van der Waals surface area (Å²) in [6.07, 6.45) is 4.20. The second-order valence-corrected chi connectivity index (χ2v) is 5.45. The number of hydrogen-bond donors (Lipinski definition) is 2. The molecule has 2 N–H and O–H groups in total. The molecule has 0 radical (unpaired) electrons. The predicted molar refractivity (Wildman–Crippen MR) is 70.4 cm³/mol. The van der Waals surface area contributed by atoms with Crippen molar-refractivity contribution in [2.24, 2.45) is 0 Å². The summed E-state index contributed by atoms with van der Waals surface area (Å²) in [6, 6.07) is 3.60. The molecule has 94 valence electrons. The Hall–Kier alpha value is -1.19. The zero-order chi connectivity index (χ0) is 12.9. The summed E-state index contributed by atoms with van der Waals surface area (Å²) in [5.74, 6) is 0.668. The lowest BCUT2D eigenvalue weighted by Gasteiger charge is -2.20. The summed E-state index contributed by atoms with van der Waals surface area (Å²) >= 11 is 12.3. The van der Waals surface area contributed by atoms with Crippen LogP contribution in [-0.4, -0.2) is 11.2 Å². The van der Waals surface area contributed by atoms with Crippen LogP contribution in [0.15, 0.2) is 24.3 Å². The van der Waals surface area contributed by atoms with E-state index in [2.05, 4.69) is 17.5 Å². The lowest BCUT2D eigenvalue weighted by Crippen LogP contribution is -2.24. The molecule has 2 aliphatic rings.